The van der Waals surface area contributed by atoms with Gasteiger partial charge in [0.15, 0.2) is 0 Å². The minimum atomic E-state index is -0.572. The van der Waals surface area contributed by atoms with Crippen LogP contribution in [0.25, 0.3) is 0 Å². The summed E-state index contributed by atoms with van der Waals surface area (Å²) in [5, 5.41) is 9.03. The first kappa shape index (κ1) is 21.2. The maximum atomic E-state index is 14.6. The number of hydrogen-bond acceptors (Lipinski definition) is 4. The van der Waals surface area contributed by atoms with E-state index in [0.29, 0.717) is 31.4 Å². The third-order valence-corrected chi connectivity index (χ3v) is 5.34. The smallest absolute Gasteiger partial charge is 0.131 e. The summed E-state index contributed by atoms with van der Waals surface area (Å²) >= 11 is 0. The normalized spacial score (nSPS) is 17.8. The predicted octanol–water partition coefficient (Wildman–Crippen LogP) is 4.14. The highest BCUT2D eigenvalue weighted by Gasteiger charge is 2.23. The summed E-state index contributed by atoms with van der Waals surface area (Å²) < 4.78 is 35.2. The van der Waals surface area contributed by atoms with Crippen molar-refractivity contribution >= 4 is 12.0 Å². The summed E-state index contributed by atoms with van der Waals surface area (Å²) in [4.78, 5) is 12.7. The molecular weight excluding hydrogens is 376 g/mol. The molecule has 29 heavy (non-hydrogen) atoms. The van der Waals surface area contributed by atoms with Gasteiger partial charge in [0, 0.05) is 23.7 Å². The van der Waals surface area contributed by atoms with Gasteiger partial charge in [-0.1, -0.05) is 18.2 Å². The summed E-state index contributed by atoms with van der Waals surface area (Å²) in [6, 6.07) is 12.3. The van der Waals surface area contributed by atoms with Crippen molar-refractivity contribution in [1.29, 1.82) is 0 Å². The molecule has 1 N–H and O–H groups in total. The fourth-order valence-corrected chi connectivity index (χ4v) is 3.71. The third kappa shape index (κ3) is 5.76. The maximum Gasteiger partial charge on any atom is 0.131 e. The monoisotopic (exact) mass is 403 g/mol. The molecular formula is C23H27F2NO3. The van der Waals surface area contributed by atoms with Gasteiger partial charge in [0.2, 0.25) is 0 Å². The first-order chi connectivity index (χ1) is 14.1. The van der Waals surface area contributed by atoms with Crippen molar-refractivity contribution in [3.05, 3.63) is 59.7 Å². The Labute approximate surface area is 170 Å². The number of nitrogens with zero attached hydrogens (tertiary/aromatic N) is 1. The molecule has 1 unspecified atom stereocenters. The van der Waals surface area contributed by atoms with Gasteiger partial charge in [-0.15, -0.1) is 0 Å². The van der Waals surface area contributed by atoms with Gasteiger partial charge in [-0.05, 0) is 56.4 Å². The van der Waals surface area contributed by atoms with Gasteiger partial charge in [-0.2, -0.15) is 0 Å². The van der Waals surface area contributed by atoms with Crippen LogP contribution in [0.2, 0.25) is 0 Å². The van der Waals surface area contributed by atoms with Crippen molar-refractivity contribution in [1.82, 2.24) is 0 Å². The van der Waals surface area contributed by atoms with Crippen LogP contribution in [0.5, 0.6) is 5.75 Å². The molecule has 1 aliphatic rings. The number of anilines is 1. The van der Waals surface area contributed by atoms with Crippen LogP contribution in [-0.4, -0.2) is 37.2 Å². The summed E-state index contributed by atoms with van der Waals surface area (Å²) in [6.07, 6.45) is 3.48. The Morgan fingerprint density at radius 3 is 2.59 bits per heavy atom. The average molecular weight is 403 g/mol. The number of para-hydroxylation sites is 1. The van der Waals surface area contributed by atoms with E-state index in [1.807, 2.05) is 35.2 Å². The Morgan fingerprint density at radius 2 is 1.93 bits per heavy atom. The zero-order chi connectivity index (χ0) is 20.6. The summed E-state index contributed by atoms with van der Waals surface area (Å²) in [5.41, 5.74) is 0.552. The van der Waals surface area contributed by atoms with E-state index in [9.17, 15) is 13.6 Å². The lowest BCUT2D eigenvalue weighted by atomic mass is 10.00. The van der Waals surface area contributed by atoms with E-state index in [1.165, 1.54) is 12.1 Å². The molecule has 2 aromatic rings. The van der Waals surface area contributed by atoms with Gasteiger partial charge in [0.25, 0.3) is 0 Å². The summed E-state index contributed by atoms with van der Waals surface area (Å²) in [6.45, 7) is 1.06. The minimum Gasteiger partial charge on any atom is -0.489 e. The number of carbonyl (C=O) groups excluding carboxylic acids is 1. The number of rotatable bonds is 9. The molecule has 2 atom stereocenters. The quantitative estimate of drug-likeness (QED) is 0.640. The molecule has 0 saturated carbocycles. The molecule has 156 valence electrons. The van der Waals surface area contributed by atoms with Crippen molar-refractivity contribution in [2.75, 3.05) is 24.6 Å². The van der Waals surface area contributed by atoms with Crippen LogP contribution < -0.4 is 9.64 Å². The minimum absolute atomic E-state index is 0.0318. The molecule has 2 aromatic carbocycles. The standard InChI is InChI=1S/C23H27F2NO3/c24-22-12-18(13-23(25)21(22)10-4-6-17(15-27)16-28)26-11-5-9-20(14-26)29-19-7-2-1-3-8-19/h1-3,7-8,12-13,15,17,20,28H,4-6,9-11,14,16H2/t17?,20-/m0/s1. The van der Waals surface area contributed by atoms with Gasteiger partial charge in [0.1, 0.15) is 29.8 Å². The van der Waals surface area contributed by atoms with E-state index in [-0.39, 0.29) is 24.7 Å². The molecule has 0 radical (unpaired) electrons. The Hall–Kier alpha value is -2.47. The van der Waals surface area contributed by atoms with Crippen molar-refractivity contribution in [2.45, 2.75) is 38.2 Å². The van der Waals surface area contributed by atoms with Gasteiger partial charge >= 0.3 is 0 Å². The van der Waals surface area contributed by atoms with Crippen LogP contribution >= 0.6 is 0 Å². The maximum absolute atomic E-state index is 14.6. The van der Waals surface area contributed by atoms with E-state index < -0.39 is 17.6 Å². The second-order valence-electron chi connectivity index (χ2n) is 7.50. The number of aliphatic hydroxyl groups excluding tert-OH is 1. The largest absolute Gasteiger partial charge is 0.489 e. The van der Waals surface area contributed by atoms with Gasteiger partial charge in [-0.25, -0.2) is 8.78 Å². The zero-order valence-corrected chi connectivity index (χ0v) is 16.4. The predicted molar refractivity (Wildman–Crippen MR) is 108 cm³/mol. The third-order valence-electron chi connectivity index (χ3n) is 5.34. The zero-order valence-electron chi connectivity index (χ0n) is 16.4. The average Bonchev–Trinajstić information content (AvgIpc) is 2.73. The molecule has 6 heteroatoms. The highest BCUT2D eigenvalue weighted by Crippen LogP contribution is 2.27. The Balaban J connectivity index is 1.63. The Kier molecular flexibility index (Phi) is 7.58. The van der Waals surface area contributed by atoms with E-state index >= 15 is 0 Å². The number of aliphatic hydroxyl groups is 1. The second kappa shape index (κ2) is 10.3. The van der Waals surface area contributed by atoms with E-state index in [2.05, 4.69) is 0 Å². The molecule has 1 heterocycles. The first-order valence-electron chi connectivity index (χ1n) is 10.1. The van der Waals surface area contributed by atoms with Crippen molar-refractivity contribution in [2.24, 2.45) is 5.92 Å². The van der Waals surface area contributed by atoms with Gasteiger partial charge in [0.05, 0.1) is 13.2 Å². The lowest BCUT2D eigenvalue weighted by Gasteiger charge is -2.34. The van der Waals surface area contributed by atoms with E-state index in [1.54, 1.807) is 0 Å². The molecule has 1 aliphatic heterocycles. The highest BCUT2D eigenvalue weighted by molar-refractivity contribution is 5.53. The van der Waals surface area contributed by atoms with Crippen LogP contribution in [-0.2, 0) is 11.2 Å². The van der Waals surface area contributed by atoms with Gasteiger partial charge < -0.3 is 19.5 Å². The number of halogens is 2. The van der Waals surface area contributed by atoms with Crippen LogP contribution in [0.15, 0.2) is 42.5 Å². The molecule has 0 amide bonds. The molecule has 0 bridgehead atoms. The van der Waals surface area contributed by atoms with Crippen LogP contribution in [0.1, 0.15) is 31.2 Å². The molecule has 1 fully saturated rings. The SMILES string of the molecule is O=CC(CO)CCCc1c(F)cc(N2CCC[C@H](Oc3ccccc3)C2)cc1F. The molecule has 4 nitrogen and oxygen atoms in total. The molecule has 0 spiro atoms. The van der Waals surface area contributed by atoms with Crippen molar-refractivity contribution < 1.29 is 23.4 Å². The number of carbonyl (C=O) groups is 1. The van der Waals surface area contributed by atoms with E-state index in [0.717, 1.165) is 25.1 Å². The molecule has 1 saturated heterocycles. The summed E-state index contributed by atoms with van der Waals surface area (Å²) in [7, 11) is 0. The van der Waals surface area contributed by atoms with E-state index in [4.69, 9.17) is 9.84 Å². The molecule has 0 aromatic heterocycles. The number of aldehydes is 1. The molecule has 0 aliphatic carbocycles. The number of piperidine rings is 1. The number of benzene rings is 2. The lowest BCUT2D eigenvalue weighted by Crippen LogP contribution is -2.41. The van der Waals surface area contributed by atoms with Crippen molar-refractivity contribution in [3.8, 4) is 5.75 Å². The molecule has 3 rings (SSSR count). The fraction of sp³-hybridized carbons (Fsp3) is 0.435. The van der Waals surface area contributed by atoms with Crippen molar-refractivity contribution in [3.63, 3.8) is 0 Å². The van der Waals surface area contributed by atoms with Crippen LogP contribution in [0.3, 0.4) is 0 Å². The topological polar surface area (TPSA) is 49.8 Å². The lowest BCUT2D eigenvalue weighted by molar-refractivity contribution is -0.112. The number of hydrogen-bond donors (Lipinski definition) is 1. The van der Waals surface area contributed by atoms with Gasteiger partial charge in [-0.3, -0.25) is 0 Å². The number of ether oxygens (including phenoxy) is 1. The second-order valence-corrected chi connectivity index (χ2v) is 7.50. The Morgan fingerprint density at radius 1 is 1.21 bits per heavy atom. The highest BCUT2D eigenvalue weighted by atomic mass is 19.1. The Bertz CT molecular complexity index is 777. The summed E-state index contributed by atoms with van der Waals surface area (Å²) in [5.74, 6) is -0.825. The first-order valence-corrected chi connectivity index (χ1v) is 10.1. The van der Waals surface area contributed by atoms with Crippen LogP contribution in [0.4, 0.5) is 14.5 Å². The fourth-order valence-electron chi connectivity index (χ4n) is 3.71. The van der Waals surface area contributed by atoms with Crippen LogP contribution in [0, 0.1) is 17.6 Å².